The maximum absolute atomic E-state index is 14.7. The van der Waals surface area contributed by atoms with E-state index in [1.807, 2.05) is 6.92 Å². The Morgan fingerprint density at radius 2 is 1.73 bits per heavy atom. The van der Waals surface area contributed by atoms with Crippen LogP contribution in [-0.2, 0) is 14.4 Å². The summed E-state index contributed by atoms with van der Waals surface area (Å²) in [7, 11) is 0. The third-order valence-electron chi connectivity index (χ3n) is 6.68. The number of carbonyl (C=O) groups excluding carboxylic acids is 5. The van der Waals surface area contributed by atoms with Crippen LogP contribution >= 0.6 is 0 Å². The predicted molar refractivity (Wildman–Crippen MR) is 116 cm³/mol. The number of anilines is 1. The lowest BCUT2D eigenvalue weighted by Crippen LogP contribution is -2.54. The minimum absolute atomic E-state index is 0.0137. The molecule has 4 rings (SSSR count). The number of amides is 5. The Kier molecular flexibility index (Phi) is 6.44. The van der Waals surface area contributed by atoms with Crippen LogP contribution in [0.2, 0.25) is 0 Å². The Balaban J connectivity index is 1.41. The third kappa shape index (κ3) is 4.46. The van der Waals surface area contributed by atoms with Crippen molar-refractivity contribution in [1.82, 2.24) is 15.5 Å². The molecule has 1 saturated carbocycles. The number of nitrogens with one attached hydrogen (secondary N) is 3. The van der Waals surface area contributed by atoms with Gasteiger partial charge in [0, 0.05) is 25.4 Å². The van der Waals surface area contributed by atoms with E-state index in [4.69, 9.17) is 0 Å². The van der Waals surface area contributed by atoms with Gasteiger partial charge in [-0.1, -0.05) is 0 Å². The summed E-state index contributed by atoms with van der Waals surface area (Å²) in [6, 6.07) is 1.25. The van der Waals surface area contributed by atoms with E-state index in [9.17, 15) is 28.4 Å². The van der Waals surface area contributed by atoms with Crippen molar-refractivity contribution < 1.29 is 28.4 Å². The molecule has 5 amide bonds. The summed E-state index contributed by atoms with van der Waals surface area (Å²) in [4.78, 5) is 62.0. The Labute approximate surface area is 190 Å². The third-order valence-corrected chi connectivity index (χ3v) is 6.68. The van der Waals surface area contributed by atoms with Crippen LogP contribution in [0.3, 0.4) is 0 Å². The summed E-state index contributed by atoms with van der Waals surface area (Å²) in [6.07, 6.45) is 3.29. The van der Waals surface area contributed by atoms with Gasteiger partial charge in [0.05, 0.1) is 16.8 Å². The zero-order chi connectivity index (χ0) is 23.7. The molecule has 10 heteroatoms. The molecule has 2 heterocycles. The standard InChI is InChI=1S/C23H27FN4O5/c1-2-25-20(30)13-5-3-12(4-6-13)11-26-17-10-15-14(9-16(17)24)22(32)28(23(15)33)18-7-8-19(29)27-21(18)31/h9-10,12-13,18,26H,2-8,11H2,1H3,(H,25,30)(H,27,29,31). The Morgan fingerprint density at radius 3 is 2.36 bits per heavy atom. The van der Waals surface area contributed by atoms with Gasteiger partial charge in [0.2, 0.25) is 17.7 Å². The van der Waals surface area contributed by atoms with Gasteiger partial charge in [0.25, 0.3) is 11.8 Å². The van der Waals surface area contributed by atoms with Crippen molar-refractivity contribution in [3.63, 3.8) is 0 Å². The molecule has 2 aliphatic heterocycles. The van der Waals surface area contributed by atoms with Crippen molar-refractivity contribution >= 4 is 35.2 Å². The van der Waals surface area contributed by atoms with E-state index in [-0.39, 0.29) is 47.4 Å². The van der Waals surface area contributed by atoms with E-state index in [0.717, 1.165) is 36.6 Å². The second kappa shape index (κ2) is 9.29. The van der Waals surface area contributed by atoms with Crippen LogP contribution < -0.4 is 16.0 Å². The molecule has 1 atom stereocenters. The van der Waals surface area contributed by atoms with Crippen LogP contribution in [0.25, 0.3) is 0 Å². The van der Waals surface area contributed by atoms with Gasteiger partial charge in [-0.15, -0.1) is 0 Å². The maximum Gasteiger partial charge on any atom is 0.262 e. The first kappa shape index (κ1) is 22.9. The first-order chi connectivity index (χ1) is 15.8. The highest BCUT2D eigenvalue weighted by atomic mass is 19.1. The summed E-state index contributed by atoms with van der Waals surface area (Å²) >= 11 is 0. The van der Waals surface area contributed by atoms with Crippen LogP contribution in [-0.4, -0.2) is 53.6 Å². The van der Waals surface area contributed by atoms with Crippen LogP contribution in [0, 0.1) is 17.7 Å². The van der Waals surface area contributed by atoms with E-state index in [1.54, 1.807) is 0 Å². The van der Waals surface area contributed by atoms with E-state index in [1.165, 1.54) is 6.07 Å². The highest BCUT2D eigenvalue weighted by molar-refractivity contribution is 6.23. The average molecular weight is 458 g/mol. The van der Waals surface area contributed by atoms with Gasteiger partial charge in [-0.3, -0.25) is 34.2 Å². The second-order valence-corrected chi connectivity index (χ2v) is 8.82. The Bertz CT molecular complexity index is 1020. The number of carbonyl (C=O) groups is 5. The van der Waals surface area contributed by atoms with E-state index < -0.39 is 35.5 Å². The van der Waals surface area contributed by atoms with Crippen LogP contribution in [0.1, 0.15) is 66.2 Å². The van der Waals surface area contributed by atoms with Crippen molar-refractivity contribution in [3.8, 4) is 0 Å². The van der Waals surface area contributed by atoms with Crippen LogP contribution in [0.15, 0.2) is 12.1 Å². The molecule has 2 fully saturated rings. The molecule has 1 aliphatic carbocycles. The number of imide groups is 2. The van der Waals surface area contributed by atoms with E-state index in [0.29, 0.717) is 13.1 Å². The number of piperidine rings is 1. The molecule has 0 spiro atoms. The molecule has 1 aromatic rings. The first-order valence-electron chi connectivity index (χ1n) is 11.4. The second-order valence-electron chi connectivity index (χ2n) is 8.82. The van der Waals surface area contributed by atoms with E-state index in [2.05, 4.69) is 16.0 Å². The largest absolute Gasteiger partial charge is 0.382 e. The molecular formula is C23H27FN4O5. The molecule has 3 N–H and O–H groups in total. The molecule has 0 bridgehead atoms. The molecule has 0 radical (unpaired) electrons. The number of fused-ring (bicyclic) bond motifs is 1. The summed E-state index contributed by atoms with van der Waals surface area (Å²) in [6.45, 7) is 2.98. The van der Waals surface area contributed by atoms with Crippen molar-refractivity contribution in [1.29, 1.82) is 0 Å². The summed E-state index contributed by atoms with van der Waals surface area (Å²) in [5, 5.41) is 8.03. The van der Waals surface area contributed by atoms with Crippen molar-refractivity contribution in [2.24, 2.45) is 11.8 Å². The molecule has 33 heavy (non-hydrogen) atoms. The topological polar surface area (TPSA) is 125 Å². The molecule has 9 nitrogen and oxygen atoms in total. The molecule has 0 aromatic heterocycles. The molecule has 3 aliphatic rings. The molecule has 1 aromatic carbocycles. The van der Waals surface area contributed by atoms with Gasteiger partial charge < -0.3 is 10.6 Å². The number of rotatable bonds is 6. The lowest BCUT2D eigenvalue weighted by molar-refractivity contribution is -0.136. The first-order valence-corrected chi connectivity index (χ1v) is 11.4. The normalized spacial score (nSPS) is 25.0. The van der Waals surface area contributed by atoms with Crippen molar-refractivity contribution in [3.05, 3.63) is 29.1 Å². The van der Waals surface area contributed by atoms with Crippen molar-refractivity contribution in [2.75, 3.05) is 18.4 Å². The monoisotopic (exact) mass is 458 g/mol. The molecule has 1 unspecified atom stereocenters. The molecule has 1 saturated heterocycles. The number of halogens is 1. The highest BCUT2D eigenvalue weighted by Gasteiger charge is 2.45. The lowest BCUT2D eigenvalue weighted by Gasteiger charge is -2.28. The number of nitrogens with zero attached hydrogens (tertiary/aromatic N) is 1. The van der Waals surface area contributed by atoms with Gasteiger partial charge in [-0.2, -0.15) is 0 Å². The quantitative estimate of drug-likeness (QED) is 0.556. The Hall–Kier alpha value is -3.30. The van der Waals surface area contributed by atoms with Gasteiger partial charge in [-0.05, 0) is 57.1 Å². The minimum atomic E-state index is -1.09. The summed E-state index contributed by atoms with van der Waals surface area (Å²) < 4.78 is 14.7. The Morgan fingerprint density at radius 1 is 1.06 bits per heavy atom. The molecular weight excluding hydrogens is 431 g/mol. The zero-order valence-electron chi connectivity index (χ0n) is 18.4. The smallest absolute Gasteiger partial charge is 0.262 e. The van der Waals surface area contributed by atoms with Gasteiger partial charge in [-0.25, -0.2) is 4.39 Å². The van der Waals surface area contributed by atoms with Crippen LogP contribution in [0.5, 0.6) is 0 Å². The minimum Gasteiger partial charge on any atom is -0.382 e. The fourth-order valence-corrected chi connectivity index (χ4v) is 4.83. The fourth-order valence-electron chi connectivity index (χ4n) is 4.83. The van der Waals surface area contributed by atoms with Crippen molar-refractivity contribution in [2.45, 2.75) is 51.5 Å². The predicted octanol–water partition coefficient (Wildman–Crippen LogP) is 1.58. The zero-order valence-corrected chi connectivity index (χ0v) is 18.4. The molecule has 176 valence electrons. The van der Waals surface area contributed by atoms with Gasteiger partial charge in [0.15, 0.2) is 0 Å². The SMILES string of the molecule is CCNC(=O)C1CCC(CNc2cc3c(cc2F)C(=O)N(C2CCC(=O)NC2=O)C3=O)CC1. The summed E-state index contributed by atoms with van der Waals surface area (Å²) in [5.41, 5.74) is 0.0645. The van der Waals surface area contributed by atoms with Gasteiger partial charge >= 0.3 is 0 Å². The van der Waals surface area contributed by atoms with E-state index >= 15 is 0 Å². The average Bonchev–Trinajstić information content (AvgIpc) is 3.02. The number of hydrogen-bond acceptors (Lipinski definition) is 6. The summed E-state index contributed by atoms with van der Waals surface area (Å²) in [5.74, 6) is -2.87. The maximum atomic E-state index is 14.7. The highest BCUT2D eigenvalue weighted by Crippen LogP contribution is 2.33. The number of benzene rings is 1. The lowest BCUT2D eigenvalue weighted by atomic mass is 9.81. The number of hydrogen-bond donors (Lipinski definition) is 3. The fraction of sp³-hybridized carbons (Fsp3) is 0.522. The van der Waals surface area contributed by atoms with Gasteiger partial charge in [0.1, 0.15) is 11.9 Å². The van der Waals surface area contributed by atoms with Crippen LogP contribution in [0.4, 0.5) is 10.1 Å².